The molecule has 2 nitrogen and oxygen atoms in total. The van der Waals surface area contributed by atoms with Crippen LogP contribution in [0.4, 0.5) is 0 Å². The summed E-state index contributed by atoms with van der Waals surface area (Å²) in [6.45, 7) is 6.24. The first-order valence-electron chi connectivity index (χ1n) is 3.05. The molecule has 0 aliphatic rings. The van der Waals surface area contributed by atoms with Crippen LogP contribution in [0.25, 0.3) is 0 Å². The number of hydrogen-bond donors (Lipinski definition) is 1. The van der Waals surface area contributed by atoms with Crippen molar-refractivity contribution in [1.82, 2.24) is 0 Å². The van der Waals surface area contributed by atoms with E-state index in [0.29, 0.717) is 12.3 Å². The van der Waals surface area contributed by atoms with Crippen molar-refractivity contribution in [3.63, 3.8) is 0 Å². The standard InChI is InChI=1S/C7H14NO/c1-6(7(2)8)4-5-9-3/h6,8H,1,4-5H2,2-3H3. The SMILES string of the molecule is [CH2]C(CCOC)C(C)=N. The minimum absolute atomic E-state index is 0.130. The van der Waals surface area contributed by atoms with Crippen molar-refractivity contribution in [1.29, 1.82) is 5.41 Å². The fourth-order valence-electron chi connectivity index (χ4n) is 0.477. The zero-order valence-corrected chi connectivity index (χ0v) is 6.11. The van der Waals surface area contributed by atoms with Gasteiger partial charge in [-0.05, 0) is 26.2 Å². The van der Waals surface area contributed by atoms with Crippen molar-refractivity contribution < 1.29 is 4.74 Å². The van der Waals surface area contributed by atoms with Gasteiger partial charge in [0.1, 0.15) is 0 Å². The van der Waals surface area contributed by atoms with Gasteiger partial charge < -0.3 is 10.1 Å². The smallest absolute Gasteiger partial charge is 0.0468 e. The van der Waals surface area contributed by atoms with E-state index in [1.807, 2.05) is 0 Å². The molecule has 53 valence electrons. The summed E-state index contributed by atoms with van der Waals surface area (Å²) < 4.78 is 4.83. The van der Waals surface area contributed by atoms with Crippen LogP contribution in [0.15, 0.2) is 0 Å². The van der Waals surface area contributed by atoms with Gasteiger partial charge in [-0.25, -0.2) is 0 Å². The van der Waals surface area contributed by atoms with Gasteiger partial charge in [-0.2, -0.15) is 0 Å². The third-order valence-electron chi connectivity index (χ3n) is 1.28. The minimum atomic E-state index is 0.130. The summed E-state index contributed by atoms with van der Waals surface area (Å²) in [6.07, 6.45) is 0.853. The Morgan fingerprint density at radius 3 is 2.67 bits per heavy atom. The van der Waals surface area contributed by atoms with Gasteiger partial charge >= 0.3 is 0 Å². The van der Waals surface area contributed by atoms with E-state index in [2.05, 4.69) is 6.92 Å². The summed E-state index contributed by atoms with van der Waals surface area (Å²) in [5.74, 6) is 0.130. The van der Waals surface area contributed by atoms with E-state index in [1.54, 1.807) is 14.0 Å². The van der Waals surface area contributed by atoms with E-state index >= 15 is 0 Å². The molecule has 0 aliphatic carbocycles. The van der Waals surface area contributed by atoms with E-state index in [0.717, 1.165) is 6.42 Å². The molecule has 0 heterocycles. The average Bonchev–Trinajstić information content (AvgIpc) is 1.82. The largest absolute Gasteiger partial charge is 0.385 e. The first-order valence-corrected chi connectivity index (χ1v) is 3.05. The topological polar surface area (TPSA) is 33.1 Å². The highest BCUT2D eigenvalue weighted by molar-refractivity contribution is 5.81. The van der Waals surface area contributed by atoms with E-state index in [-0.39, 0.29) is 5.92 Å². The molecule has 0 fully saturated rings. The maximum absolute atomic E-state index is 7.16. The van der Waals surface area contributed by atoms with Crippen LogP contribution in [0.3, 0.4) is 0 Å². The van der Waals surface area contributed by atoms with Gasteiger partial charge in [0.15, 0.2) is 0 Å². The molecule has 1 N–H and O–H groups in total. The molecule has 9 heavy (non-hydrogen) atoms. The van der Waals surface area contributed by atoms with Crippen molar-refractivity contribution in [2.24, 2.45) is 5.92 Å². The van der Waals surface area contributed by atoms with Crippen LogP contribution in [0.1, 0.15) is 13.3 Å². The number of rotatable bonds is 4. The summed E-state index contributed by atoms with van der Waals surface area (Å²) in [7, 11) is 1.66. The van der Waals surface area contributed by atoms with E-state index in [4.69, 9.17) is 10.1 Å². The highest BCUT2D eigenvalue weighted by Crippen LogP contribution is 2.01. The Kier molecular flexibility index (Phi) is 4.32. The second-order valence-electron chi connectivity index (χ2n) is 2.16. The molecule has 0 spiro atoms. The lowest BCUT2D eigenvalue weighted by molar-refractivity contribution is 0.190. The molecule has 1 atom stereocenters. The monoisotopic (exact) mass is 128 g/mol. The molecule has 1 unspecified atom stereocenters. The zero-order valence-electron chi connectivity index (χ0n) is 6.11. The number of nitrogens with one attached hydrogen (secondary N) is 1. The molecular formula is C7H14NO. The van der Waals surface area contributed by atoms with Gasteiger partial charge in [0.2, 0.25) is 0 Å². The van der Waals surface area contributed by atoms with Crippen molar-refractivity contribution in [3.8, 4) is 0 Å². The molecule has 0 saturated carbocycles. The van der Waals surface area contributed by atoms with E-state index < -0.39 is 0 Å². The first-order chi connectivity index (χ1) is 4.18. The van der Waals surface area contributed by atoms with Gasteiger partial charge in [0, 0.05) is 19.4 Å². The number of methoxy groups -OCH3 is 1. The predicted octanol–water partition coefficient (Wildman–Crippen LogP) is 1.51. The predicted molar refractivity (Wildman–Crippen MR) is 38.7 cm³/mol. The van der Waals surface area contributed by atoms with Gasteiger partial charge in [-0.3, -0.25) is 0 Å². The maximum Gasteiger partial charge on any atom is 0.0468 e. The Balaban J connectivity index is 3.27. The van der Waals surface area contributed by atoms with Crippen LogP contribution in [-0.4, -0.2) is 19.4 Å². The Morgan fingerprint density at radius 1 is 1.78 bits per heavy atom. The minimum Gasteiger partial charge on any atom is -0.385 e. The second kappa shape index (κ2) is 4.50. The van der Waals surface area contributed by atoms with Crippen molar-refractivity contribution in [2.75, 3.05) is 13.7 Å². The summed E-state index contributed by atoms with van der Waals surface area (Å²) >= 11 is 0. The van der Waals surface area contributed by atoms with Crippen LogP contribution >= 0.6 is 0 Å². The first kappa shape index (κ1) is 8.63. The Bertz CT molecular complexity index is 90.9. The lowest BCUT2D eigenvalue weighted by atomic mass is 10.0. The molecule has 0 amide bonds. The van der Waals surface area contributed by atoms with Gasteiger partial charge in [-0.1, -0.05) is 0 Å². The van der Waals surface area contributed by atoms with E-state index in [1.165, 1.54) is 0 Å². The summed E-state index contributed by atoms with van der Waals surface area (Å²) in [5.41, 5.74) is 0.632. The molecule has 0 bridgehead atoms. The molecule has 1 radical (unpaired) electrons. The van der Waals surface area contributed by atoms with Crippen LogP contribution in [0, 0.1) is 18.3 Å². The van der Waals surface area contributed by atoms with Crippen LogP contribution in [0.2, 0.25) is 0 Å². The summed E-state index contributed by atoms with van der Waals surface area (Å²) in [5, 5.41) is 7.16. The molecule has 2 heteroatoms. The fraction of sp³-hybridized carbons (Fsp3) is 0.714. The highest BCUT2D eigenvalue weighted by atomic mass is 16.5. The van der Waals surface area contributed by atoms with Crippen molar-refractivity contribution in [3.05, 3.63) is 6.92 Å². The molecule has 0 aliphatic heterocycles. The van der Waals surface area contributed by atoms with Crippen LogP contribution < -0.4 is 0 Å². The van der Waals surface area contributed by atoms with Crippen LogP contribution in [0.5, 0.6) is 0 Å². The van der Waals surface area contributed by atoms with Crippen molar-refractivity contribution in [2.45, 2.75) is 13.3 Å². The van der Waals surface area contributed by atoms with E-state index in [9.17, 15) is 0 Å². The Hall–Kier alpha value is -0.370. The molecule has 0 saturated heterocycles. The molecule has 0 aromatic rings. The highest BCUT2D eigenvalue weighted by Gasteiger charge is 2.01. The molecule has 0 rings (SSSR count). The normalized spacial score (nSPS) is 13.2. The van der Waals surface area contributed by atoms with Gasteiger partial charge in [-0.15, -0.1) is 0 Å². The lowest BCUT2D eigenvalue weighted by Gasteiger charge is -2.06. The Morgan fingerprint density at radius 2 is 2.33 bits per heavy atom. The summed E-state index contributed by atoms with van der Waals surface area (Å²) in [4.78, 5) is 0. The number of ether oxygens (including phenoxy) is 1. The van der Waals surface area contributed by atoms with Gasteiger partial charge in [0.25, 0.3) is 0 Å². The average molecular weight is 128 g/mol. The second-order valence-corrected chi connectivity index (χ2v) is 2.16. The molecule has 0 aromatic carbocycles. The molecular weight excluding hydrogens is 114 g/mol. The third kappa shape index (κ3) is 4.15. The van der Waals surface area contributed by atoms with Crippen molar-refractivity contribution >= 4 is 5.71 Å². The van der Waals surface area contributed by atoms with Crippen LogP contribution in [-0.2, 0) is 4.74 Å². The number of hydrogen-bond acceptors (Lipinski definition) is 2. The third-order valence-corrected chi connectivity index (χ3v) is 1.28. The summed E-state index contributed by atoms with van der Waals surface area (Å²) in [6, 6.07) is 0. The quantitative estimate of drug-likeness (QED) is 0.572. The fourth-order valence-corrected chi connectivity index (χ4v) is 0.477. The maximum atomic E-state index is 7.16. The zero-order chi connectivity index (χ0) is 7.28. The Labute approximate surface area is 56.7 Å². The lowest BCUT2D eigenvalue weighted by Crippen LogP contribution is -2.08. The molecule has 0 aromatic heterocycles. The van der Waals surface area contributed by atoms with Gasteiger partial charge in [0.05, 0.1) is 0 Å².